The maximum absolute atomic E-state index is 6.00. The Balaban J connectivity index is 3.02. The first-order chi connectivity index (χ1) is 7.86. The standard InChI is InChI=1S/C11H18Cl3N3/c1-4-5-6-17-10(11(12,13)14)9(15-16-17)7-8(2)3/h8H,4-7H2,1-3H3. The SMILES string of the molecule is CCCCn1nnc(CC(C)C)c1C(Cl)(Cl)Cl. The summed E-state index contributed by atoms with van der Waals surface area (Å²) in [5.74, 6) is 0.456. The van der Waals surface area contributed by atoms with Gasteiger partial charge in [0.1, 0.15) is 5.69 Å². The zero-order valence-corrected chi connectivity index (χ0v) is 12.6. The molecule has 0 atom stereocenters. The quantitative estimate of drug-likeness (QED) is 0.766. The van der Waals surface area contributed by atoms with Crippen LogP contribution in [0.2, 0.25) is 0 Å². The topological polar surface area (TPSA) is 30.7 Å². The number of alkyl halides is 3. The van der Waals surface area contributed by atoms with Gasteiger partial charge in [-0.05, 0) is 18.8 Å². The van der Waals surface area contributed by atoms with Crippen molar-refractivity contribution in [3.8, 4) is 0 Å². The summed E-state index contributed by atoms with van der Waals surface area (Å²) in [5, 5.41) is 8.22. The molecular weight excluding hydrogens is 281 g/mol. The highest BCUT2D eigenvalue weighted by Gasteiger charge is 2.32. The third kappa shape index (κ3) is 4.31. The van der Waals surface area contributed by atoms with Crippen molar-refractivity contribution < 1.29 is 0 Å². The van der Waals surface area contributed by atoms with E-state index in [0.29, 0.717) is 11.6 Å². The summed E-state index contributed by atoms with van der Waals surface area (Å²) in [5.41, 5.74) is 1.40. The molecule has 0 N–H and O–H groups in total. The Morgan fingerprint density at radius 3 is 2.41 bits per heavy atom. The molecule has 1 rings (SSSR count). The van der Waals surface area contributed by atoms with Gasteiger partial charge in [0.15, 0.2) is 0 Å². The van der Waals surface area contributed by atoms with Crippen LogP contribution in [0.5, 0.6) is 0 Å². The maximum Gasteiger partial charge on any atom is 0.234 e. The van der Waals surface area contributed by atoms with E-state index in [0.717, 1.165) is 31.5 Å². The Bertz CT molecular complexity index is 355. The van der Waals surface area contributed by atoms with Crippen molar-refractivity contribution in [3.63, 3.8) is 0 Å². The van der Waals surface area contributed by atoms with Crippen LogP contribution in [0.15, 0.2) is 0 Å². The number of rotatable bonds is 5. The second kappa shape index (κ2) is 6.26. The second-order valence-corrected chi connectivity index (χ2v) is 6.84. The van der Waals surface area contributed by atoms with Crippen LogP contribution in [0.3, 0.4) is 0 Å². The Kier molecular flexibility index (Phi) is 5.55. The molecule has 0 unspecified atom stereocenters. The molecule has 0 aliphatic rings. The van der Waals surface area contributed by atoms with Gasteiger partial charge in [-0.25, -0.2) is 4.68 Å². The lowest BCUT2D eigenvalue weighted by atomic mass is 10.1. The number of hydrogen-bond acceptors (Lipinski definition) is 2. The molecule has 6 heteroatoms. The molecule has 1 aromatic rings. The molecule has 0 aliphatic heterocycles. The molecule has 0 spiro atoms. The lowest BCUT2D eigenvalue weighted by Gasteiger charge is -2.15. The average Bonchev–Trinajstić information content (AvgIpc) is 2.56. The van der Waals surface area contributed by atoms with Gasteiger partial charge in [0.2, 0.25) is 3.79 Å². The predicted octanol–water partition coefficient (Wildman–Crippen LogP) is 4.10. The molecule has 1 heterocycles. The molecule has 0 saturated carbocycles. The summed E-state index contributed by atoms with van der Waals surface area (Å²) in [6, 6.07) is 0. The molecule has 0 bridgehead atoms. The molecule has 98 valence electrons. The molecule has 3 nitrogen and oxygen atoms in total. The van der Waals surface area contributed by atoms with E-state index in [-0.39, 0.29) is 0 Å². The molecule has 0 aliphatic carbocycles. The minimum Gasteiger partial charge on any atom is -0.245 e. The molecule has 0 aromatic carbocycles. The van der Waals surface area contributed by atoms with Crippen LogP contribution in [0.1, 0.15) is 45.0 Å². The maximum atomic E-state index is 6.00. The van der Waals surface area contributed by atoms with Gasteiger partial charge in [-0.15, -0.1) is 5.10 Å². The molecule has 0 amide bonds. The first-order valence-electron chi connectivity index (χ1n) is 5.85. The van der Waals surface area contributed by atoms with Gasteiger partial charge >= 0.3 is 0 Å². The predicted molar refractivity (Wildman–Crippen MR) is 72.7 cm³/mol. The zero-order valence-electron chi connectivity index (χ0n) is 10.4. The fraction of sp³-hybridized carbons (Fsp3) is 0.818. The lowest BCUT2D eigenvalue weighted by molar-refractivity contribution is 0.535. The number of halogens is 3. The van der Waals surface area contributed by atoms with E-state index >= 15 is 0 Å². The van der Waals surface area contributed by atoms with Crippen LogP contribution < -0.4 is 0 Å². The van der Waals surface area contributed by atoms with E-state index in [2.05, 4.69) is 31.1 Å². The zero-order chi connectivity index (χ0) is 13.1. The van der Waals surface area contributed by atoms with E-state index in [1.807, 2.05) is 0 Å². The normalized spacial score (nSPS) is 12.4. The van der Waals surface area contributed by atoms with Crippen molar-refractivity contribution in [2.75, 3.05) is 0 Å². The summed E-state index contributed by atoms with van der Waals surface area (Å²) >= 11 is 18.0. The van der Waals surface area contributed by atoms with Crippen molar-refractivity contribution in [1.29, 1.82) is 0 Å². The summed E-state index contributed by atoms with van der Waals surface area (Å²) in [6.07, 6.45) is 2.84. The lowest BCUT2D eigenvalue weighted by Crippen LogP contribution is -2.15. The Hall–Kier alpha value is 0.01000. The van der Waals surface area contributed by atoms with Crippen molar-refractivity contribution in [1.82, 2.24) is 15.0 Å². The van der Waals surface area contributed by atoms with Crippen molar-refractivity contribution >= 4 is 34.8 Å². The monoisotopic (exact) mass is 297 g/mol. The third-order valence-electron chi connectivity index (χ3n) is 2.40. The third-order valence-corrected chi connectivity index (χ3v) is 2.94. The fourth-order valence-corrected chi connectivity index (χ4v) is 2.27. The largest absolute Gasteiger partial charge is 0.245 e. The number of nitrogens with zero attached hydrogens (tertiary/aromatic N) is 3. The number of hydrogen-bond donors (Lipinski definition) is 0. The molecule has 1 aromatic heterocycles. The van der Waals surface area contributed by atoms with Crippen LogP contribution in [0.4, 0.5) is 0 Å². The highest BCUT2D eigenvalue weighted by Crippen LogP contribution is 2.40. The van der Waals surface area contributed by atoms with Gasteiger partial charge in [-0.3, -0.25) is 0 Å². The Labute approximate surface area is 117 Å². The summed E-state index contributed by atoms with van der Waals surface area (Å²) in [4.78, 5) is 0. The van der Waals surface area contributed by atoms with Crippen LogP contribution in [-0.4, -0.2) is 15.0 Å². The summed E-state index contributed by atoms with van der Waals surface area (Å²) in [7, 11) is 0. The Morgan fingerprint density at radius 1 is 1.29 bits per heavy atom. The fourth-order valence-electron chi connectivity index (χ4n) is 1.65. The van der Waals surface area contributed by atoms with Gasteiger partial charge in [0, 0.05) is 6.54 Å². The van der Waals surface area contributed by atoms with Crippen molar-refractivity contribution in [3.05, 3.63) is 11.4 Å². The van der Waals surface area contributed by atoms with Crippen LogP contribution in [-0.2, 0) is 16.8 Å². The minimum atomic E-state index is -1.46. The van der Waals surface area contributed by atoms with Crippen molar-refractivity contribution in [2.45, 2.75) is 50.4 Å². The molecule has 0 saturated heterocycles. The molecular formula is C11H18Cl3N3. The van der Waals surface area contributed by atoms with E-state index in [1.165, 1.54) is 0 Å². The summed E-state index contributed by atoms with van der Waals surface area (Å²) in [6.45, 7) is 7.06. The van der Waals surface area contributed by atoms with Crippen LogP contribution in [0.25, 0.3) is 0 Å². The van der Waals surface area contributed by atoms with Crippen LogP contribution in [0, 0.1) is 5.92 Å². The smallest absolute Gasteiger partial charge is 0.234 e. The minimum absolute atomic E-state index is 0.456. The van der Waals surface area contributed by atoms with Gasteiger partial charge in [-0.2, -0.15) is 0 Å². The number of unbranched alkanes of at least 4 members (excludes halogenated alkanes) is 1. The Morgan fingerprint density at radius 2 is 1.94 bits per heavy atom. The van der Waals surface area contributed by atoms with Crippen LogP contribution >= 0.6 is 34.8 Å². The first kappa shape index (κ1) is 15.1. The second-order valence-electron chi connectivity index (χ2n) is 4.56. The number of aryl methyl sites for hydroxylation is 1. The van der Waals surface area contributed by atoms with Gasteiger partial charge in [0.05, 0.1) is 5.69 Å². The first-order valence-corrected chi connectivity index (χ1v) is 6.99. The van der Waals surface area contributed by atoms with Gasteiger partial charge in [0.25, 0.3) is 0 Å². The highest BCUT2D eigenvalue weighted by molar-refractivity contribution is 6.66. The van der Waals surface area contributed by atoms with Gasteiger partial charge in [-0.1, -0.05) is 67.2 Å². The average molecular weight is 299 g/mol. The van der Waals surface area contributed by atoms with Crippen molar-refractivity contribution in [2.24, 2.45) is 5.92 Å². The van der Waals surface area contributed by atoms with E-state index < -0.39 is 3.79 Å². The summed E-state index contributed by atoms with van der Waals surface area (Å²) < 4.78 is 0.260. The number of aromatic nitrogens is 3. The van der Waals surface area contributed by atoms with E-state index in [1.54, 1.807) is 4.68 Å². The molecule has 0 fully saturated rings. The highest BCUT2D eigenvalue weighted by atomic mass is 35.6. The van der Waals surface area contributed by atoms with E-state index in [4.69, 9.17) is 34.8 Å². The molecule has 0 radical (unpaired) electrons. The van der Waals surface area contributed by atoms with Gasteiger partial charge < -0.3 is 0 Å². The molecule has 17 heavy (non-hydrogen) atoms. The van der Waals surface area contributed by atoms with E-state index in [9.17, 15) is 0 Å².